The maximum Gasteiger partial charge on any atom is 0.335 e. The fraction of sp³-hybridized carbons (Fsp3) is 0.462. The molecule has 0 amide bonds. The first-order valence-corrected chi connectivity index (χ1v) is 5.81. The molecule has 92 valence electrons. The largest absolute Gasteiger partial charge is 0.478 e. The fourth-order valence-corrected chi connectivity index (χ4v) is 2.17. The zero-order valence-electron chi connectivity index (χ0n) is 9.74. The molecule has 1 aromatic rings. The van der Waals surface area contributed by atoms with Crippen LogP contribution in [0.2, 0.25) is 0 Å². The monoisotopic (exact) mass is 237 g/mol. The van der Waals surface area contributed by atoms with E-state index in [1.165, 1.54) is 18.2 Å². The summed E-state index contributed by atoms with van der Waals surface area (Å²) in [5, 5.41) is 12.1. The minimum atomic E-state index is -1.02. The first kappa shape index (κ1) is 12.0. The average molecular weight is 237 g/mol. The quantitative estimate of drug-likeness (QED) is 0.845. The summed E-state index contributed by atoms with van der Waals surface area (Å²) >= 11 is 0. The Bertz CT molecular complexity index is 427. The summed E-state index contributed by atoms with van der Waals surface area (Å²) in [7, 11) is 0. The summed E-state index contributed by atoms with van der Waals surface area (Å²) in [6.07, 6.45) is 2.22. The Balaban J connectivity index is 1.99. The molecule has 17 heavy (non-hydrogen) atoms. The van der Waals surface area contributed by atoms with Crippen LogP contribution in [-0.4, -0.2) is 17.1 Å². The van der Waals surface area contributed by atoms with Crippen LogP contribution in [0, 0.1) is 11.7 Å². The van der Waals surface area contributed by atoms with Gasteiger partial charge in [-0.25, -0.2) is 9.18 Å². The first-order valence-electron chi connectivity index (χ1n) is 5.81. The number of carbonyl (C=O) groups is 1. The molecule has 1 aliphatic rings. The summed E-state index contributed by atoms with van der Waals surface area (Å²) in [6, 6.07) is 4.33. The number of benzene rings is 1. The van der Waals surface area contributed by atoms with Crippen molar-refractivity contribution in [1.82, 2.24) is 5.32 Å². The van der Waals surface area contributed by atoms with Crippen molar-refractivity contribution in [2.24, 2.45) is 5.92 Å². The van der Waals surface area contributed by atoms with Gasteiger partial charge < -0.3 is 10.4 Å². The van der Waals surface area contributed by atoms with Crippen LogP contribution in [0.15, 0.2) is 18.2 Å². The molecule has 1 aromatic carbocycles. The lowest BCUT2D eigenvalue weighted by molar-refractivity contribution is 0.0696. The number of hydrogen-bond acceptors (Lipinski definition) is 2. The van der Waals surface area contributed by atoms with E-state index in [1.54, 1.807) is 0 Å². The third kappa shape index (κ3) is 2.82. The second kappa shape index (κ2) is 4.84. The van der Waals surface area contributed by atoms with Gasteiger partial charge >= 0.3 is 5.97 Å². The number of aromatic carboxylic acids is 1. The molecule has 1 aliphatic carbocycles. The van der Waals surface area contributed by atoms with E-state index in [-0.39, 0.29) is 11.4 Å². The minimum Gasteiger partial charge on any atom is -0.478 e. The van der Waals surface area contributed by atoms with Crippen molar-refractivity contribution in [2.75, 3.05) is 0 Å². The van der Waals surface area contributed by atoms with E-state index in [4.69, 9.17) is 5.11 Å². The Morgan fingerprint density at radius 2 is 2.24 bits per heavy atom. The van der Waals surface area contributed by atoms with E-state index in [2.05, 4.69) is 12.2 Å². The van der Waals surface area contributed by atoms with E-state index in [0.717, 1.165) is 18.8 Å². The van der Waals surface area contributed by atoms with Gasteiger partial charge in [-0.3, -0.25) is 0 Å². The van der Waals surface area contributed by atoms with Crippen LogP contribution in [-0.2, 0) is 6.54 Å². The van der Waals surface area contributed by atoms with E-state index in [0.29, 0.717) is 18.2 Å². The van der Waals surface area contributed by atoms with Crippen LogP contribution in [0.25, 0.3) is 0 Å². The normalized spacial score (nSPS) is 23.2. The number of halogens is 1. The van der Waals surface area contributed by atoms with Crippen molar-refractivity contribution in [3.63, 3.8) is 0 Å². The Hall–Kier alpha value is -1.42. The molecule has 0 aromatic heterocycles. The summed E-state index contributed by atoms with van der Waals surface area (Å²) in [6.45, 7) is 2.58. The molecule has 3 nitrogen and oxygen atoms in total. The van der Waals surface area contributed by atoms with Crippen LogP contribution in [0.5, 0.6) is 0 Å². The van der Waals surface area contributed by atoms with Gasteiger partial charge in [0.15, 0.2) is 0 Å². The van der Waals surface area contributed by atoms with Crippen molar-refractivity contribution in [3.05, 3.63) is 35.1 Å². The van der Waals surface area contributed by atoms with Gasteiger partial charge in [0, 0.05) is 18.2 Å². The zero-order chi connectivity index (χ0) is 12.4. The number of hydrogen-bond donors (Lipinski definition) is 2. The lowest BCUT2D eigenvalue weighted by atomic mass is 9.82. The topological polar surface area (TPSA) is 49.3 Å². The molecule has 4 heteroatoms. The maximum absolute atomic E-state index is 13.4. The van der Waals surface area contributed by atoms with Crippen LogP contribution >= 0.6 is 0 Å². The van der Waals surface area contributed by atoms with Gasteiger partial charge in [0.1, 0.15) is 5.82 Å². The van der Waals surface area contributed by atoms with E-state index < -0.39 is 5.97 Å². The van der Waals surface area contributed by atoms with Gasteiger partial charge in [-0.05, 0) is 37.0 Å². The number of nitrogens with one attached hydrogen (secondary N) is 1. The third-order valence-electron chi connectivity index (χ3n) is 3.25. The van der Waals surface area contributed by atoms with Gasteiger partial charge in [-0.15, -0.1) is 0 Å². The molecule has 0 unspecified atom stereocenters. The van der Waals surface area contributed by atoms with Gasteiger partial charge in [-0.1, -0.05) is 6.92 Å². The van der Waals surface area contributed by atoms with Gasteiger partial charge in [0.25, 0.3) is 0 Å². The standard InChI is InChI=1S/C13H16FNO2/c1-8-4-11(5-8)15-7-10-6-9(13(16)17)2-3-12(10)14/h2-3,6,8,11,15H,4-5,7H2,1H3,(H,16,17). The summed E-state index contributed by atoms with van der Waals surface area (Å²) in [5.74, 6) is -0.638. The van der Waals surface area contributed by atoms with Gasteiger partial charge in [0.2, 0.25) is 0 Å². The van der Waals surface area contributed by atoms with Gasteiger partial charge in [0.05, 0.1) is 5.56 Å². The van der Waals surface area contributed by atoms with E-state index in [9.17, 15) is 9.18 Å². The number of carboxylic acid groups (broad SMARTS) is 1. The highest BCUT2D eigenvalue weighted by atomic mass is 19.1. The summed E-state index contributed by atoms with van der Waals surface area (Å²) in [5.41, 5.74) is 0.551. The lowest BCUT2D eigenvalue weighted by Crippen LogP contribution is -2.39. The molecule has 0 radical (unpaired) electrons. The smallest absolute Gasteiger partial charge is 0.335 e. The highest BCUT2D eigenvalue weighted by Gasteiger charge is 2.24. The Morgan fingerprint density at radius 3 is 2.82 bits per heavy atom. The molecule has 0 aliphatic heterocycles. The van der Waals surface area contributed by atoms with Crippen LogP contribution < -0.4 is 5.32 Å². The third-order valence-corrected chi connectivity index (χ3v) is 3.25. The van der Waals surface area contributed by atoms with Crippen LogP contribution in [0.3, 0.4) is 0 Å². The average Bonchev–Trinajstić information content (AvgIpc) is 2.24. The summed E-state index contributed by atoms with van der Waals surface area (Å²) < 4.78 is 13.4. The fourth-order valence-electron chi connectivity index (χ4n) is 2.17. The highest BCUT2D eigenvalue weighted by molar-refractivity contribution is 5.87. The predicted octanol–water partition coefficient (Wildman–Crippen LogP) is 2.41. The van der Waals surface area contributed by atoms with Crippen molar-refractivity contribution in [2.45, 2.75) is 32.4 Å². The zero-order valence-corrected chi connectivity index (χ0v) is 9.74. The van der Waals surface area contributed by atoms with Gasteiger partial charge in [-0.2, -0.15) is 0 Å². The molecule has 0 saturated heterocycles. The molecule has 2 N–H and O–H groups in total. The second-order valence-electron chi connectivity index (χ2n) is 4.77. The van der Waals surface area contributed by atoms with Crippen molar-refractivity contribution >= 4 is 5.97 Å². The molecule has 2 rings (SSSR count). The molecule has 0 bridgehead atoms. The Labute approximate surface area is 99.7 Å². The molecule has 1 saturated carbocycles. The second-order valence-corrected chi connectivity index (χ2v) is 4.77. The molecular weight excluding hydrogens is 221 g/mol. The maximum atomic E-state index is 13.4. The van der Waals surface area contributed by atoms with E-state index >= 15 is 0 Å². The first-order chi connectivity index (χ1) is 8.06. The number of rotatable bonds is 4. The predicted molar refractivity (Wildman–Crippen MR) is 62.4 cm³/mol. The van der Waals surface area contributed by atoms with Crippen molar-refractivity contribution < 1.29 is 14.3 Å². The van der Waals surface area contributed by atoms with Crippen molar-refractivity contribution in [1.29, 1.82) is 0 Å². The Morgan fingerprint density at radius 1 is 1.53 bits per heavy atom. The molecule has 0 atom stereocenters. The SMILES string of the molecule is CC1CC(NCc2cc(C(=O)O)ccc2F)C1. The highest BCUT2D eigenvalue weighted by Crippen LogP contribution is 2.26. The summed E-state index contributed by atoms with van der Waals surface area (Å²) in [4.78, 5) is 10.8. The Kier molecular flexibility index (Phi) is 3.43. The molecule has 0 heterocycles. The van der Waals surface area contributed by atoms with E-state index in [1.807, 2.05) is 0 Å². The minimum absolute atomic E-state index is 0.130. The molecular formula is C13H16FNO2. The lowest BCUT2D eigenvalue weighted by Gasteiger charge is -2.33. The van der Waals surface area contributed by atoms with Crippen LogP contribution in [0.4, 0.5) is 4.39 Å². The van der Waals surface area contributed by atoms with Crippen LogP contribution in [0.1, 0.15) is 35.7 Å². The van der Waals surface area contributed by atoms with Crippen molar-refractivity contribution in [3.8, 4) is 0 Å². The molecule has 0 spiro atoms. The molecule has 1 fully saturated rings. The number of carboxylic acids is 1.